The summed E-state index contributed by atoms with van der Waals surface area (Å²) in [4.78, 5) is 18.3. The van der Waals surface area contributed by atoms with Crippen LogP contribution < -0.4 is 5.32 Å². The number of sulfonamides is 1. The van der Waals surface area contributed by atoms with Crippen molar-refractivity contribution in [2.24, 2.45) is 0 Å². The smallest absolute Gasteiger partial charge is 0.244 e. The number of amides is 1. The van der Waals surface area contributed by atoms with Crippen molar-refractivity contribution in [1.82, 2.24) is 14.2 Å². The van der Waals surface area contributed by atoms with Gasteiger partial charge in [-0.3, -0.25) is 9.78 Å². The molecular weight excluding hydrogens is 388 g/mol. The summed E-state index contributed by atoms with van der Waals surface area (Å²) in [5, 5.41) is 3.29. The van der Waals surface area contributed by atoms with Crippen molar-refractivity contribution in [3.8, 4) is 0 Å². The van der Waals surface area contributed by atoms with Crippen molar-refractivity contribution < 1.29 is 13.2 Å². The summed E-state index contributed by atoms with van der Waals surface area (Å²) in [6, 6.07) is 10.2. The van der Waals surface area contributed by atoms with Crippen LogP contribution in [0.3, 0.4) is 0 Å². The predicted molar refractivity (Wildman–Crippen MR) is 104 cm³/mol. The van der Waals surface area contributed by atoms with E-state index in [0.717, 1.165) is 0 Å². The van der Waals surface area contributed by atoms with Gasteiger partial charge in [0.15, 0.2) is 0 Å². The van der Waals surface area contributed by atoms with E-state index in [1.165, 1.54) is 10.5 Å². The van der Waals surface area contributed by atoms with Gasteiger partial charge in [0.25, 0.3) is 0 Å². The second-order valence-corrected chi connectivity index (χ2v) is 8.56. The number of carbonyl (C=O) groups excluding carboxylic acids is 1. The number of pyridine rings is 1. The molecule has 144 valence electrons. The normalized spacial score (nSPS) is 16.2. The highest BCUT2D eigenvalue weighted by atomic mass is 35.5. The molecule has 3 rings (SSSR count). The molecule has 7 nitrogen and oxygen atoms in total. The van der Waals surface area contributed by atoms with Gasteiger partial charge >= 0.3 is 0 Å². The van der Waals surface area contributed by atoms with Crippen molar-refractivity contribution in [2.75, 3.05) is 38.0 Å². The van der Waals surface area contributed by atoms with Gasteiger partial charge in [-0.2, -0.15) is 4.31 Å². The number of rotatable bonds is 6. The summed E-state index contributed by atoms with van der Waals surface area (Å²) in [5.41, 5.74) is 0.594. The molecule has 0 radical (unpaired) electrons. The molecule has 1 aliphatic heterocycles. The maximum absolute atomic E-state index is 12.6. The van der Waals surface area contributed by atoms with Crippen LogP contribution in [0.5, 0.6) is 0 Å². The molecule has 27 heavy (non-hydrogen) atoms. The Morgan fingerprint density at radius 2 is 1.85 bits per heavy atom. The van der Waals surface area contributed by atoms with Gasteiger partial charge in [-0.15, -0.1) is 0 Å². The molecule has 1 aromatic heterocycles. The van der Waals surface area contributed by atoms with E-state index in [1.54, 1.807) is 36.5 Å². The molecule has 0 atom stereocenters. The Bertz CT molecular complexity index is 884. The van der Waals surface area contributed by atoms with Crippen molar-refractivity contribution >= 4 is 33.2 Å². The maximum atomic E-state index is 12.6. The lowest BCUT2D eigenvalue weighted by Crippen LogP contribution is -2.49. The fourth-order valence-electron chi connectivity index (χ4n) is 2.88. The lowest BCUT2D eigenvalue weighted by atomic mass is 10.3. The van der Waals surface area contributed by atoms with Crippen molar-refractivity contribution in [3.63, 3.8) is 0 Å². The fourth-order valence-corrected chi connectivity index (χ4v) is 4.45. The monoisotopic (exact) mass is 408 g/mol. The molecule has 9 heteroatoms. The zero-order chi connectivity index (χ0) is 19.3. The zero-order valence-electron chi connectivity index (χ0n) is 14.7. The summed E-state index contributed by atoms with van der Waals surface area (Å²) in [6.45, 7) is 2.52. The molecule has 0 spiro atoms. The Labute approximate surface area is 164 Å². The molecular formula is C18H21ClN4O3S. The number of piperazine rings is 1. The van der Waals surface area contributed by atoms with Crippen LogP contribution in [0.25, 0.3) is 0 Å². The summed E-state index contributed by atoms with van der Waals surface area (Å²) in [6.07, 6.45) is 3.23. The Hall–Kier alpha value is -2.00. The van der Waals surface area contributed by atoms with E-state index in [-0.39, 0.29) is 10.8 Å². The van der Waals surface area contributed by atoms with Gasteiger partial charge < -0.3 is 10.2 Å². The van der Waals surface area contributed by atoms with Gasteiger partial charge in [-0.05, 0) is 24.3 Å². The average Bonchev–Trinajstić information content (AvgIpc) is 2.69. The van der Waals surface area contributed by atoms with E-state index >= 15 is 0 Å². The molecule has 0 bridgehead atoms. The minimum absolute atomic E-state index is 0.117. The fraction of sp³-hybridized carbons (Fsp3) is 0.333. The van der Waals surface area contributed by atoms with Gasteiger partial charge in [0.2, 0.25) is 15.9 Å². The second kappa shape index (κ2) is 8.79. The van der Waals surface area contributed by atoms with E-state index in [2.05, 4.69) is 15.2 Å². The van der Waals surface area contributed by atoms with E-state index < -0.39 is 10.0 Å². The number of benzene rings is 1. The van der Waals surface area contributed by atoms with Gasteiger partial charge in [0.1, 0.15) is 4.90 Å². The molecule has 1 fully saturated rings. The number of halogens is 1. The van der Waals surface area contributed by atoms with Crippen molar-refractivity contribution in [1.29, 1.82) is 0 Å². The van der Waals surface area contributed by atoms with Crippen LogP contribution in [-0.4, -0.2) is 61.2 Å². The van der Waals surface area contributed by atoms with Crippen LogP contribution in [0.1, 0.15) is 6.42 Å². The summed E-state index contributed by atoms with van der Waals surface area (Å²) < 4.78 is 26.6. The van der Waals surface area contributed by atoms with Crippen LogP contribution in [0.15, 0.2) is 53.7 Å². The first-order valence-electron chi connectivity index (χ1n) is 8.64. The van der Waals surface area contributed by atoms with Gasteiger partial charge in [-0.25, -0.2) is 8.42 Å². The molecule has 0 unspecified atom stereocenters. The number of anilines is 1. The Morgan fingerprint density at radius 3 is 2.52 bits per heavy atom. The number of nitrogens with zero attached hydrogens (tertiary/aromatic N) is 3. The second-order valence-electron chi connectivity index (χ2n) is 6.21. The van der Waals surface area contributed by atoms with Crippen LogP contribution in [0, 0.1) is 0 Å². The first kappa shape index (κ1) is 19.8. The molecule has 1 amide bonds. The van der Waals surface area contributed by atoms with Crippen LogP contribution in [-0.2, 0) is 14.8 Å². The number of hydrogen-bond donors (Lipinski definition) is 1. The average molecular weight is 409 g/mol. The minimum Gasteiger partial charge on any atom is -0.325 e. The predicted octanol–water partition coefficient (Wildman–Crippen LogP) is 2.07. The Kier molecular flexibility index (Phi) is 6.43. The molecule has 1 saturated heterocycles. The number of carbonyl (C=O) groups is 1. The first-order chi connectivity index (χ1) is 13.0. The van der Waals surface area contributed by atoms with E-state index in [9.17, 15) is 13.2 Å². The van der Waals surface area contributed by atoms with Crippen molar-refractivity contribution in [2.45, 2.75) is 11.3 Å². The molecule has 1 aliphatic rings. The molecule has 1 N–H and O–H groups in total. The standard InChI is InChI=1S/C18H21ClN4O3S/c19-16-5-1-2-6-17(16)21-18(24)7-9-22-10-12-23(13-11-22)27(25,26)15-4-3-8-20-14-15/h1-6,8,14H,7,9-13H2,(H,21,24). The quantitative estimate of drug-likeness (QED) is 0.791. The minimum atomic E-state index is -3.51. The van der Waals surface area contributed by atoms with E-state index in [0.29, 0.717) is 49.9 Å². The van der Waals surface area contributed by atoms with Gasteiger partial charge in [0, 0.05) is 51.5 Å². The van der Waals surface area contributed by atoms with Crippen molar-refractivity contribution in [3.05, 3.63) is 53.8 Å². The van der Waals surface area contributed by atoms with E-state index in [1.807, 2.05) is 6.07 Å². The third kappa shape index (κ3) is 5.04. The number of aromatic nitrogens is 1. The SMILES string of the molecule is O=C(CCN1CCN(S(=O)(=O)c2cccnc2)CC1)Nc1ccccc1Cl. The highest BCUT2D eigenvalue weighted by Gasteiger charge is 2.28. The number of para-hydroxylation sites is 1. The van der Waals surface area contributed by atoms with Crippen LogP contribution in [0.4, 0.5) is 5.69 Å². The summed E-state index contributed by atoms with van der Waals surface area (Å²) in [5.74, 6) is -0.117. The highest BCUT2D eigenvalue weighted by molar-refractivity contribution is 7.89. The highest BCUT2D eigenvalue weighted by Crippen LogP contribution is 2.21. The third-order valence-corrected chi connectivity index (χ3v) is 6.62. The largest absolute Gasteiger partial charge is 0.325 e. The summed E-state index contributed by atoms with van der Waals surface area (Å²) in [7, 11) is -3.51. The number of nitrogens with one attached hydrogen (secondary N) is 1. The Balaban J connectivity index is 1.47. The first-order valence-corrected chi connectivity index (χ1v) is 10.5. The van der Waals surface area contributed by atoms with E-state index in [4.69, 9.17) is 11.6 Å². The topological polar surface area (TPSA) is 82.6 Å². The summed E-state index contributed by atoms with van der Waals surface area (Å²) >= 11 is 6.03. The maximum Gasteiger partial charge on any atom is 0.244 e. The van der Waals surface area contributed by atoms with Crippen LogP contribution >= 0.6 is 11.6 Å². The molecule has 2 aromatic rings. The number of hydrogen-bond acceptors (Lipinski definition) is 5. The van der Waals surface area contributed by atoms with Crippen LogP contribution in [0.2, 0.25) is 5.02 Å². The molecule has 0 saturated carbocycles. The van der Waals surface area contributed by atoms with Gasteiger partial charge in [-0.1, -0.05) is 23.7 Å². The van der Waals surface area contributed by atoms with Gasteiger partial charge in [0.05, 0.1) is 10.7 Å². The third-order valence-electron chi connectivity index (χ3n) is 4.41. The Morgan fingerprint density at radius 1 is 1.11 bits per heavy atom. The lowest BCUT2D eigenvalue weighted by Gasteiger charge is -2.33. The molecule has 1 aromatic carbocycles. The molecule has 0 aliphatic carbocycles. The zero-order valence-corrected chi connectivity index (χ0v) is 16.3. The lowest BCUT2D eigenvalue weighted by molar-refractivity contribution is -0.116. The molecule has 2 heterocycles.